The van der Waals surface area contributed by atoms with Crippen LogP contribution in [0.3, 0.4) is 0 Å². The van der Waals surface area contributed by atoms with E-state index in [1.54, 1.807) is 0 Å². The monoisotopic (exact) mass is 245 g/mol. The minimum atomic E-state index is -0.0678. The first-order chi connectivity index (χ1) is 8.63. The fourth-order valence-electron chi connectivity index (χ4n) is 1.69. The molecule has 0 heterocycles. The Bertz CT molecular complexity index is 437. The third-order valence-electron chi connectivity index (χ3n) is 2.62. The number of rotatable bonds is 6. The summed E-state index contributed by atoms with van der Waals surface area (Å²) < 4.78 is 0. The Hall–Kier alpha value is -1.86. The van der Waals surface area contributed by atoms with E-state index in [0.29, 0.717) is 6.42 Å². The average Bonchev–Trinajstić information content (AvgIpc) is 2.34. The number of nitrogens with zero attached hydrogens (tertiary/aromatic N) is 1. The molecule has 0 saturated carbocycles. The first-order valence-corrected chi connectivity index (χ1v) is 6.11. The average molecular weight is 245 g/mol. The van der Waals surface area contributed by atoms with Crippen LogP contribution >= 0.6 is 0 Å². The highest BCUT2D eigenvalue weighted by Crippen LogP contribution is 2.17. The molecule has 0 aliphatic rings. The molecule has 96 valence electrons. The van der Waals surface area contributed by atoms with Gasteiger partial charge in [0.1, 0.15) is 0 Å². The summed E-state index contributed by atoms with van der Waals surface area (Å²) in [5, 5.41) is 14.6. The van der Waals surface area contributed by atoms with Crippen molar-refractivity contribution in [3.63, 3.8) is 0 Å². The molecule has 4 nitrogen and oxygen atoms in total. The van der Waals surface area contributed by atoms with Crippen LogP contribution in [0.25, 0.3) is 0 Å². The van der Waals surface area contributed by atoms with Gasteiger partial charge in [-0.25, -0.2) is 0 Å². The first kappa shape index (κ1) is 14.2. The maximum atomic E-state index is 11.0. The van der Waals surface area contributed by atoms with Crippen LogP contribution in [0.15, 0.2) is 24.3 Å². The van der Waals surface area contributed by atoms with Gasteiger partial charge < -0.3 is 10.6 Å². The largest absolute Gasteiger partial charge is 0.326 e. The van der Waals surface area contributed by atoms with Crippen LogP contribution in [0, 0.1) is 11.3 Å². The Kier molecular flexibility index (Phi) is 5.89. The molecule has 18 heavy (non-hydrogen) atoms. The molecule has 0 aromatic heterocycles. The van der Waals surface area contributed by atoms with Gasteiger partial charge in [-0.05, 0) is 37.6 Å². The number of carbonyl (C=O) groups is 1. The Morgan fingerprint density at radius 3 is 2.94 bits per heavy atom. The molecule has 1 aromatic rings. The van der Waals surface area contributed by atoms with Crippen LogP contribution in [0.1, 0.15) is 38.3 Å². The molecule has 1 unspecified atom stereocenters. The predicted octanol–water partition coefficient (Wildman–Crippen LogP) is 2.60. The SMILES string of the molecule is CC(=O)Nc1cccc(C(C)NCCCC#N)c1. The molecule has 1 atom stereocenters. The van der Waals surface area contributed by atoms with E-state index in [1.165, 1.54) is 6.92 Å². The molecule has 0 aliphatic carbocycles. The van der Waals surface area contributed by atoms with Gasteiger partial charge in [0, 0.05) is 25.1 Å². The Morgan fingerprint density at radius 1 is 1.50 bits per heavy atom. The zero-order valence-corrected chi connectivity index (χ0v) is 10.9. The molecule has 2 N–H and O–H groups in total. The van der Waals surface area contributed by atoms with Crippen LogP contribution in [0.4, 0.5) is 5.69 Å². The number of nitriles is 1. The molecular weight excluding hydrogens is 226 g/mol. The second-order valence-corrected chi connectivity index (χ2v) is 4.24. The third-order valence-corrected chi connectivity index (χ3v) is 2.62. The molecule has 0 bridgehead atoms. The topological polar surface area (TPSA) is 64.9 Å². The third kappa shape index (κ3) is 4.98. The van der Waals surface area contributed by atoms with E-state index in [1.807, 2.05) is 24.3 Å². The number of unbranched alkanes of at least 4 members (excludes halogenated alkanes) is 1. The van der Waals surface area contributed by atoms with Crippen LogP contribution in [-0.2, 0) is 4.79 Å². The summed E-state index contributed by atoms with van der Waals surface area (Å²) in [6.07, 6.45) is 1.43. The minimum Gasteiger partial charge on any atom is -0.326 e. The van der Waals surface area contributed by atoms with Crippen LogP contribution in [0.5, 0.6) is 0 Å². The van der Waals surface area contributed by atoms with E-state index >= 15 is 0 Å². The Balaban J connectivity index is 2.54. The van der Waals surface area contributed by atoms with Gasteiger partial charge in [-0.3, -0.25) is 4.79 Å². The standard InChI is InChI=1S/C14H19N3O/c1-11(16-9-4-3-8-15)13-6-5-7-14(10-13)17-12(2)18/h5-7,10-11,16H,3-4,9H2,1-2H3,(H,17,18). The smallest absolute Gasteiger partial charge is 0.221 e. The number of anilines is 1. The second-order valence-electron chi connectivity index (χ2n) is 4.24. The van der Waals surface area contributed by atoms with E-state index in [4.69, 9.17) is 5.26 Å². The zero-order valence-electron chi connectivity index (χ0n) is 10.9. The van der Waals surface area contributed by atoms with Gasteiger partial charge in [-0.15, -0.1) is 0 Å². The summed E-state index contributed by atoms with van der Waals surface area (Å²) in [6.45, 7) is 4.38. The Morgan fingerprint density at radius 2 is 2.28 bits per heavy atom. The van der Waals surface area contributed by atoms with Crippen LogP contribution < -0.4 is 10.6 Å². The second kappa shape index (κ2) is 7.46. The molecule has 4 heteroatoms. The maximum Gasteiger partial charge on any atom is 0.221 e. The highest BCUT2D eigenvalue weighted by molar-refractivity contribution is 5.88. The van der Waals surface area contributed by atoms with Crippen molar-refractivity contribution >= 4 is 11.6 Å². The number of carbonyl (C=O) groups excluding carboxylic acids is 1. The normalized spacial score (nSPS) is 11.6. The van der Waals surface area contributed by atoms with Gasteiger partial charge in [0.15, 0.2) is 0 Å². The van der Waals surface area contributed by atoms with Crippen LogP contribution in [-0.4, -0.2) is 12.5 Å². The van der Waals surface area contributed by atoms with Crippen molar-refractivity contribution in [2.45, 2.75) is 32.7 Å². The lowest BCUT2D eigenvalue weighted by molar-refractivity contribution is -0.114. The summed E-state index contributed by atoms with van der Waals surface area (Å²) in [5.41, 5.74) is 1.93. The molecule has 1 rings (SSSR count). The highest BCUT2D eigenvalue weighted by Gasteiger charge is 2.05. The Labute approximate surface area is 108 Å². The minimum absolute atomic E-state index is 0.0678. The lowest BCUT2D eigenvalue weighted by Crippen LogP contribution is -2.20. The fraction of sp³-hybridized carbons (Fsp3) is 0.429. The number of nitrogens with one attached hydrogen (secondary N) is 2. The predicted molar refractivity (Wildman–Crippen MR) is 72.0 cm³/mol. The summed E-state index contributed by atoms with van der Waals surface area (Å²) in [5.74, 6) is -0.0678. The van der Waals surface area contributed by atoms with Gasteiger partial charge in [-0.1, -0.05) is 12.1 Å². The first-order valence-electron chi connectivity index (χ1n) is 6.11. The van der Waals surface area contributed by atoms with E-state index < -0.39 is 0 Å². The van der Waals surface area contributed by atoms with Gasteiger partial charge in [0.2, 0.25) is 5.91 Å². The summed E-state index contributed by atoms with van der Waals surface area (Å²) in [4.78, 5) is 11.0. The zero-order chi connectivity index (χ0) is 13.4. The quantitative estimate of drug-likeness (QED) is 0.757. The van der Waals surface area contributed by atoms with Crippen molar-refractivity contribution in [2.24, 2.45) is 0 Å². The highest BCUT2D eigenvalue weighted by atomic mass is 16.1. The van der Waals surface area contributed by atoms with Crippen molar-refractivity contribution in [1.29, 1.82) is 5.26 Å². The lowest BCUT2D eigenvalue weighted by Gasteiger charge is -2.15. The lowest BCUT2D eigenvalue weighted by atomic mass is 10.1. The summed E-state index contributed by atoms with van der Waals surface area (Å²) >= 11 is 0. The molecule has 1 aromatic carbocycles. The maximum absolute atomic E-state index is 11.0. The molecular formula is C14H19N3O. The van der Waals surface area contributed by atoms with E-state index in [-0.39, 0.29) is 11.9 Å². The fourth-order valence-corrected chi connectivity index (χ4v) is 1.69. The molecule has 0 spiro atoms. The molecule has 1 amide bonds. The molecule has 0 radical (unpaired) electrons. The summed E-state index contributed by atoms with van der Waals surface area (Å²) in [7, 11) is 0. The number of hydrogen-bond donors (Lipinski definition) is 2. The molecule has 0 aliphatic heterocycles. The molecule has 0 saturated heterocycles. The van der Waals surface area contributed by atoms with Crippen molar-refractivity contribution in [1.82, 2.24) is 5.32 Å². The summed E-state index contributed by atoms with van der Waals surface area (Å²) in [6, 6.07) is 10.1. The van der Waals surface area contributed by atoms with Gasteiger partial charge in [0.05, 0.1) is 6.07 Å². The number of benzene rings is 1. The van der Waals surface area contributed by atoms with Crippen molar-refractivity contribution < 1.29 is 4.79 Å². The van der Waals surface area contributed by atoms with E-state index in [0.717, 1.165) is 24.2 Å². The van der Waals surface area contributed by atoms with Crippen molar-refractivity contribution in [3.05, 3.63) is 29.8 Å². The van der Waals surface area contributed by atoms with E-state index in [2.05, 4.69) is 23.6 Å². The number of amides is 1. The van der Waals surface area contributed by atoms with Crippen molar-refractivity contribution in [2.75, 3.05) is 11.9 Å². The van der Waals surface area contributed by atoms with Gasteiger partial charge in [0.25, 0.3) is 0 Å². The van der Waals surface area contributed by atoms with Crippen LogP contribution in [0.2, 0.25) is 0 Å². The van der Waals surface area contributed by atoms with Gasteiger partial charge >= 0.3 is 0 Å². The van der Waals surface area contributed by atoms with E-state index in [9.17, 15) is 4.79 Å². The van der Waals surface area contributed by atoms with Crippen molar-refractivity contribution in [3.8, 4) is 6.07 Å². The van der Waals surface area contributed by atoms with Gasteiger partial charge in [-0.2, -0.15) is 5.26 Å². The molecule has 0 fully saturated rings. The number of hydrogen-bond acceptors (Lipinski definition) is 3.